The smallest absolute Gasteiger partial charge is 0.311 e. The number of carboxylic acids is 1. The zero-order valence-corrected chi connectivity index (χ0v) is 9.09. The van der Waals surface area contributed by atoms with Crippen molar-refractivity contribution in [3.8, 4) is 0 Å². The molecule has 1 saturated heterocycles. The molecular formula is C10H12N4O3. The van der Waals surface area contributed by atoms with Gasteiger partial charge in [-0.25, -0.2) is 0 Å². The second kappa shape index (κ2) is 4.36. The lowest BCUT2D eigenvalue weighted by Crippen LogP contribution is -2.25. The fraction of sp³-hybridized carbons (Fsp3) is 0.400. The average Bonchev–Trinajstić information content (AvgIpc) is 2.83. The third-order valence-corrected chi connectivity index (χ3v) is 2.57. The van der Waals surface area contributed by atoms with Crippen molar-refractivity contribution >= 4 is 17.8 Å². The number of aromatic amines is 1. The molecule has 1 aliphatic heterocycles. The standard InChI is InChI=1S/C10H12N4O3/c1-2-6-3-8(15)14(5-6)10-11-7(12-13-10)4-9(16)17/h2,6H,1,3-5H2,(H,16,17)(H,11,12,13). The average molecular weight is 236 g/mol. The van der Waals surface area contributed by atoms with Crippen LogP contribution in [0.4, 0.5) is 5.95 Å². The molecule has 1 amide bonds. The van der Waals surface area contributed by atoms with Crippen molar-refractivity contribution in [2.24, 2.45) is 5.92 Å². The lowest BCUT2D eigenvalue weighted by molar-refractivity contribution is -0.136. The van der Waals surface area contributed by atoms with Crippen molar-refractivity contribution < 1.29 is 14.7 Å². The lowest BCUT2D eigenvalue weighted by atomic mass is 10.1. The number of hydrogen-bond donors (Lipinski definition) is 2. The van der Waals surface area contributed by atoms with E-state index < -0.39 is 5.97 Å². The molecule has 1 aromatic rings. The predicted octanol–water partition coefficient (Wildman–Crippen LogP) is -0.0293. The number of carboxylic acid groups (broad SMARTS) is 1. The summed E-state index contributed by atoms with van der Waals surface area (Å²) in [5, 5.41) is 14.9. The summed E-state index contributed by atoms with van der Waals surface area (Å²) in [7, 11) is 0. The lowest BCUT2D eigenvalue weighted by Gasteiger charge is -2.09. The first kappa shape index (κ1) is 11.3. The Balaban J connectivity index is 2.12. The number of nitrogens with zero attached hydrogens (tertiary/aromatic N) is 3. The highest BCUT2D eigenvalue weighted by atomic mass is 16.4. The van der Waals surface area contributed by atoms with E-state index in [2.05, 4.69) is 21.8 Å². The number of carbonyl (C=O) groups excluding carboxylic acids is 1. The van der Waals surface area contributed by atoms with Crippen LogP contribution in [-0.4, -0.2) is 38.7 Å². The quantitative estimate of drug-likeness (QED) is 0.715. The van der Waals surface area contributed by atoms with Crippen LogP contribution < -0.4 is 4.90 Å². The van der Waals surface area contributed by atoms with E-state index in [4.69, 9.17) is 5.11 Å². The molecular weight excluding hydrogens is 224 g/mol. The molecule has 90 valence electrons. The maximum absolute atomic E-state index is 11.6. The number of nitrogens with one attached hydrogen (secondary N) is 1. The van der Waals surface area contributed by atoms with Gasteiger partial charge in [0.25, 0.3) is 5.95 Å². The van der Waals surface area contributed by atoms with Gasteiger partial charge in [-0.2, -0.15) is 4.98 Å². The van der Waals surface area contributed by atoms with Crippen molar-refractivity contribution in [3.63, 3.8) is 0 Å². The number of anilines is 1. The van der Waals surface area contributed by atoms with Gasteiger partial charge in [-0.1, -0.05) is 6.08 Å². The van der Waals surface area contributed by atoms with Gasteiger partial charge < -0.3 is 5.11 Å². The molecule has 0 bridgehead atoms. The number of aromatic nitrogens is 3. The Kier molecular flexibility index (Phi) is 2.90. The number of H-pyrrole nitrogens is 1. The second-order valence-corrected chi connectivity index (χ2v) is 3.86. The fourth-order valence-corrected chi connectivity index (χ4v) is 1.71. The van der Waals surface area contributed by atoms with Crippen LogP contribution in [0.1, 0.15) is 12.2 Å². The zero-order chi connectivity index (χ0) is 12.4. The van der Waals surface area contributed by atoms with Crippen LogP contribution in [0.15, 0.2) is 12.7 Å². The van der Waals surface area contributed by atoms with E-state index >= 15 is 0 Å². The number of aliphatic carboxylic acids is 1. The van der Waals surface area contributed by atoms with E-state index in [0.717, 1.165) is 0 Å². The molecule has 0 aromatic carbocycles. The van der Waals surface area contributed by atoms with Gasteiger partial charge in [0.15, 0.2) is 0 Å². The molecule has 17 heavy (non-hydrogen) atoms. The molecule has 0 radical (unpaired) electrons. The Morgan fingerprint density at radius 2 is 2.47 bits per heavy atom. The molecule has 1 atom stereocenters. The minimum atomic E-state index is -0.996. The molecule has 1 aromatic heterocycles. The predicted molar refractivity (Wildman–Crippen MR) is 58.4 cm³/mol. The Labute approximate surface area is 97.1 Å². The molecule has 0 spiro atoms. The highest BCUT2D eigenvalue weighted by Gasteiger charge is 2.31. The van der Waals surface area contributed by atoms with Gasteiger partial charge >= 0.3 is 5.97 Å². The fourth-order valence-electron chi connectivity index (χ4n) is 1.71. The minimum Gasteiger partial charge on any atom is -0.481 e. The van der Waals surface area contributed by atoms with E-state index in [1.807, 2.05) is 0 Å². The summed E-state index contributed by atoms with van der Waals surface area (Å²) in [4.78, 5) is 27.5. The summed E-state index contributed by atoms with van der Waals surface area (Å²) in [5.41, 5.74) is 0. The number of carbonyl (C=O) groups is 2. The summed E-state index contributed by atoms with van der Waals surface area (Å²) in [5.74, 6) is -0.498. The van der Waals surface area contributed by atoms with Crippen LogP contribution in [0.25, 0.3) is 0 Å². The van der Waals surface area contributed by atoms with Crippen LogP contribution in [-0.2, 0) is 16.0 Å². The van der Waals surface area contributed by atoms with Crippen molar-refractivity contribution in [1.82, 2.24) is 15.2 Å². The SMILES string of the molecule is C=CC1CC(=O)N(c2n[nH]c(CC(=O)O)n2)C1. The Morgan fingerprint density at radius 3 is 3.06 bits per heavy atom. The first-order chi connectivity index (χ1) is 8.10. The van der Waals surface area contributed by atoms with Crippen LogP contribution in [0.5, 0.6) is 0 Å². The highest BCUT2D eigenvalue weighted by Crippen LogP contribution is 2.22. The summed E-state index contributed by atoms with van der Waals surface area (Å²) in [6, 6.07) is 0. The Hall–Kier alpha value is -2.18. The Bertz CT molecular complexity index is 468. The first-order valence-electron chi connectivity index (χ1n) is 5.16. The molecule has 0 aliphatic carbocycles. The van der Waals surface area contributed by atoms with Crippen LogP contribution in [0, 0.1) is 5.92 Å². The Morgan fingerprint density at radius 1 is 1.71 bits per heavy atom. The van der Waals surface area contributed by atoms with E-state index in [1.54, 1.807) is 6.08 Å². The summed E-state index contributed by atoms with van der Waals surface area (Å²) < 4.78 is 0. The molecule has 7 nitrogen and oxygen atoms in total. The topological polar surface area (TPSA) is 99.2 Å². The summed E-state index contributed by atoms with van der Waals surface area (Å²) >= 11 is 0. The van der Waals surface area contributed by atoms with Crippen molar-refractivity contribution in [3.05, 3.63) is 18.5 Å². The van der Waals surface area contributed by atoms with Gasteiger partial charge in [-0.15, -0.1) is 11.7 Å². The van der Waals surface area contributed by atoms with E-state index in [-0.39, 0.29) is 30.0 Å². The molecule has 2 heterocycles. The van der Waals surface area contributed by atoms with Gasteiger partial charge in [0.2, 0.25) is 5.91 Å². The molecule has 1 unspecified atom stereocenters. The largest absolute Gasteiger partial charge is 0.481 e. The van der Waals surface area contributed by atoms with Gasteiger partial charge in [0.1, 0.15) is 12.2 Å². The monoisotopic (exact) mass is 236 g/mol. The first-order valence-corrected chi connectivity index (χ1v) is 5.16. The third-order valence-electron chi connectivity index (χ3n) is 2.57. The van der Waals surface area contributed by atoms with Crippen molar-refractivity contribution in [2.75, 3.05) is 11.4 Å². The van der Waals surface area contributed by atoms with E-state index in [1.165, 1.54) is 4.90 Å². The maximum Gasteiger partial charge on any atom is 0.311 e. The molecule has 1 aliphatic rings. The molecule has 2 rings (SSSR count). The van der Waals surface area contributed by atoms with E-state index in [9.17, 15) is 9.59 Å². The zero-order valence-electron chi connectivity index (χ0n) is 9.09. The van der Waals surface area contributed by atoms with Crippen LogP contribution >= 0.6 is 0 Å². The summed E-state index contributed by atoms with van der Waals surface area (Å²) in [6.45, 7) is 4.14. The number of rotatable bonds is 4. The number of hydrogen-bond acceptors (Lipinski definition) is 4. The van der Waals surface area contributed by atoms with Crippen LogP contribution in [0.3, 0.4) is 0 Å². The maximum atomic E-state index is 11.6. The van der Waals surface area contributed by atoms with Crippen molar-refractivity contribution in [2.45, 2.75) is 12.8 Å². The minimum absolute atomic E-state index is 0.0734. The van der Waals surface area contributed by atoms with Gasteiger partial charge in [-0.05, 0) is 0 Å². The molecule has 2 N–H and O–H groups in total. The summed E-state index contributed by atoms with van der Waals surface area (Å²) in [6.07, 6.45) is 1.88. The normalized spacial score (nSPS) is 19.6. The third kappa shape index (κ3) is 2.32. The van der Waals surface area contributed by atoms with Crippen LogP contribution in [0.2, 0.25) is 0 Å². The molecule has 1 fully saturated rings. The molecule has 0 saturated carbocycles. The van der Waals surface area contributed by atoms with E-state index in [0.29, 0.717) is 13.0 Å². The van der Waals surface area contributed by atoms with Gasteiger partial charge in [-0.3, -0.25) is 19.6 Å². The van der Waals surface area contributed by atoms with Gasteiger partial charge in [0, 0.05) is 18.9 Å². The number of amides is 1. The molecule has 7 heteroatoms. The highest BCUT2D eigenvalue weighted by molar-refractivity contribution is 5.94. The van der Waals surface area contributed by atoms with Crippen molar-refractivity contribution in [1.29, 1.82) is 0 Å². The van der Waals surface area contributed by atoms with Gasteiger partial charge in [0.05, 0.1) is 0 Å². The second-order valence-electron chi connectivity index (χ2n) is 3.86.